The van der Waals surface area contributed by atoms with Crippen molar-refractivity contribution >= 4 is 23.4 Å². The van der Waals surface area contributed by atoms with Gasteiger partial charge in [-0.25, -0.2) is 4.68 Å². The smallest absolute Gasteiger partial charge is 0.237 e. The van der Waals surface area contributed by atoms with Crippen molar-refractivity contribution in [2.75, 3.05) is 30.4 Å². The molecule has 0 unspecified atom stereocenters. The fourth-order valence-corrected chi connectivity index (χ4v) is 3.61. The number of tetrazole rings is 1. The molecule has 140 valence electrons. The van der Waals surface area contributed by atoms with Gasteiger partial charge in [0.25, 0.3) is 0 Å². The van der Waals surface area contributed by atoms with Crippen molar-refractivity contribution in [3.05, 3.63) is 18.2 Å². The molecule has 1 fully saturated rings. The van der Waals surface area contributed by atoms with E-state index >= 15 is 0 Å². The number of ether oxygens (including phenoxy) is 2. The second kappa shape index (κ2) is 7.84. The van der Waals surface area contributed by atoms with E-state index in [1.807, 2.05) is 6.07 Å². The number of nitrogens with zero attached hydrogens (tertiary/aromatic N) is 6. The summed E-state index contributed by atoms with van der Waals surface area (Å²) in [5.74, 6) is 1.35. The largest absolute Gasteiger partial charge is 0.486 e. The Bertz CT molecular complexity index is 876. The van der Waals surface area contributed by atoms with Crippen LogP contribution in [0.25, 0.3) is 0 Å². The number of amides is 1. The molecule has 27 heavy (non-hydrogen) atoms. The van der Waals surface area contributed by atoms with E-state index in [1.54, 1.807) is 21.7 Å². The number of benzene rings is 1. The zero-order chi connectivity index (χ0) is 18.6. The highest BCUT2D eigenvalue weighted by Gasteiger charge is 2.28. The molecule has 2 aromatic rings. The summed E-state index contributed by atoms with van der Waals surface area (Å²) in [4.78, 5) is 14.5. The fraction of sp³-hybridized carbons (Fsp3) is 0.471. The van der Waals surface area contributed by atoms with Crippen molar-refractivity contribution in [1.29, 1.82) is 5.26 Å². The van der Waals surface area contributed by atoms with Gasteiger partial charge in [-0.15, -0.1) is 5.10 Å². The van der Waals surface area contributed by atoms with E-state index in [9.17, 15) is 4.79 Å². The first-order chi connectivity index (χ1) is 13.3. The summed E-state index contributed by atoms with van der Waals surface area (Å²) in [7, 11) is 0. The lowest BCUT2D eigenvalue weighted by Crippen LogP contribution is -2.33. The number of hydrogen-bond donors (Lipinski definition) is 0. The van der Waals surface area contributed by atoms with Crippen molar-refractivity contribution in [2.45, 2.75) is 30.5 Å². The fourth-order valence-electron chi connectivity index (χ4n) is 2.79. The van der Waals surface area contributed by atoms with Gasteiger partial charge in [-0.3, -0.25) is 4.79 Å². The summed E-state index contributed by atoms with van der Waals surface area (Å²) in [5, 5.41) is 21.3. The van der Waals surface area contributed by atoms with Crippen LogP contribution >= 0.6 is 11.8 Å². The Balaban J connectivity index is 1.48. The van der Waals surface area contributed by atoms with Gasteiger partial charge in [0.05, 0.1) is 24.3 Å². The third kappa shape index (κ3) is 3.98. The van der Waals surface area contributed by atoms with E-state index in [1.165, 1.54) is 11.8 Å². The molecule has 1 aliphatic carbocycles. The van der Waals surface area contributed by atoms with Gasteiger partial charge in [0.15, 0.2) is 11.5 Å². The number of fused-ring (bicyclic) bond motifs is 1. The quantitative estimate of drug-likeness (QED) is 0.663. The van der Waals surface area contributed by atoms with Crippen LogP contribution in [0.2, 0.25) is 0 Å². The van der Waals surface area contributed by atoms with Gasteiger partial charge < -0.3 is 14.4 Å². The number of anilines is 1. The molecule has 0 bridgehead atoms. The minimum atomic E-state index is -0.114. The lowest BCUT2D eigenvalue weighted by molar-refractivity contribution is -0.116. The first-order valence-electron chi connectivity index (χ1n) is 8.74. The average molecular weight is 386 g/mol. The standard InChI is InChI=1S/C17H18N6O3S/c18-6-1-7-22(13-4-5-14-15(10-13)26-9-8-25-14)16(24)11-27-17-19-20-21-23(17)12-2-3-12/h4-5,10,12H,1-3,7-9,11H2. The molecule has 1 aliphatic heterocycles. The Morgan fingerprint density at radius 1 is 1.33 bits per heavy atom. The van der Waals surface area contributed by atoms with Crippen LogP contribution in [0.4, 0.5) is 5.69 Å². The summed E-state index contributed by atoms with van der Waals surface area (Å²) < 4.78 is 12.9. The third-order valence-electron chi connectivity index (χ3n) is 4.27. The molecule has 1 amide bonds. The van der Waals surface area contributed by atoms with Gasteiger partial charge in [-0.2, -0.15) is 5.26 Å². The van der Waals surface area contributed by atoms with Crippen LogP contribution in [0.1, 0.15) is 25.3 Å². The molecule has 1 aromatic carbocycles. The molecular formula is C17H18N6O3S. The van der Waals surface area contributed by atoms with E-state index in [2.05, 4.69) is 21.6 Å². The summed E-state index contributed by atoms with van der Waals surface area (Å²) in [6.45, 7) is 1.29. The van der Waals surface area contributed by atoms with Crippen LogP contribution in [-0.2, 0) is 4.79 Å². The van der Waals surface area contributed by atoms with E-state index in [0.717, 1.165) is 12.8 Å². The second-order valence-electron chi connectivity index (χ2n) is 6.21. The second-order valence-corrected chi connectivity index (χ2v) is 7.15. The SMILES string of the molecule is N#CCCN(C(=O)CSc1nnnn1C1CC1)c1ccc2c(c1)OCCO2. The maximum Gasteiger partial charge on any atom is 0.237 e. The van der Waals surface area contributed by atoms with Crippen LogP contribution in [0.15, 0.2) is 23.4 Å². The maximum atomic E-state index is 12.9. The molecule has 10 heteroatoms. The number of nitriles is 1. The molecule has 0 spiro atoms. The van der Waals surface area contributed by atoms with Crippen molar-refractivity contribution < 1.29 is 14.3 Å². The van der Waals surface area contributed by atoms with Gasteiger partial charge in [-0.05, 0) is 35.4 Å². The molecule has 1 aromatic heterocycles. The summed E-state index contributed by atoms with van der Waals surface area (Å²) in [5.41, 5.74) is 0.682. The van der Waals surface area contributed by atoms with Crippen molar-refractivity contribution in [3.63, 3.8) is 0 Å². The Labute approximate surface area is 160 Å². The molecule has 0 radical (unpaired) electrons. The molecule has 2 heterocycles. The Kier molecular flexibility index (Phi) is 5.11. The summed E-state index contributed by atoms with van der Waals surface area (Å²) in [6.07, 6.45) is 2.38. The van der Waals surface area contributed by atoms with Crippen LogP contribution < -0.4 is 14.4 Å². The highest BCUT2D eigenvalue weighted by atomic mass is 32.2. The van der Waals surface area contributed by atoms with E-state index in [0.29, 0.717) is 48.1 Å². The minimum absolute atomic E-state index is 0.114. The Morgan fingerprint density at radius 3 is 2.93 bits per heavy atom. The van der Waals surface area contributed by atoms with Crippen LogP contribution in [0.5, 0.6) is 11.5 Å². The van der Waals surface area contributed by atoms with Crippen LogP contribution in [0, 0.1) is 11.3 Å². The molecule has 0 saturated heterocycles. The molecule has 1 saturated carbocycles. The zero-order valence-electron chi connectivity index (χ0n) is 14.6. The molecular weight excluding hydrogens is 368 g/mol. The number of hydrogen-bond acceptors (Lipinski definition) is 8. The lowest BCUT2D eigenvalue weighted by Gasteiger charge is -2.24. The lowest BCUT2D eigenvalue weighted by atomic mass is 10.2. The third-order valence-corrected chi connectivity index (χ3v) is 5.18. The van der Waals surface area contributed by atoms with E-state index < -0.39 is 0 Å². The number of thioether (sulfide) groups is 1. The van der Waals surface area contributed by atoms with Gasteiger partial charge >= 0.3 is 0 Å². The number of rotatable bonds is 7. The maximum absolute atomic E-state index is 12.9. The number of carbonyl (C=O) groups is 1. The van der Waals surface area contributed by atoms with Crippen molar-refractivity contribution in [2.24, 2.45) is 0 Å². The molecule has 2 aliphatic rings. The summed E-state index contributed by atoms with van der Waals surface area (Å²) in [6, 6.07) is 7.82. The highest BCUT2D eigenvalue weighted by Crippen LogP contribution is 2.37. The summed E-state index contributed by atoms with van der Waals surface area (Å²) >= 11 is 1.31. The first kappa shape index (κ1) is 17.6. The average Bonchev–Trinajstić information content (AvgIpc) is 3.44. The number of carbonyl (C=O) groups excluding carboxylic acids is 1. The number of aromatic nitrogens is 4. The zero-order valence-corrected chi connectivity index (χ0v) is 15.4. The monoisotopic (exact) mass is 386 g/mol. The van der Waals surface area contributed by atoms with Gasteiger partial charge in [0, 0.05) is 18.3 Å². The molecule has 4 rings (SSSR count). The van der Waals surface area contributed by atoms with Crippen molar-refractivity contribution in [1.82, 2.24) is 20.2 Å². The normalized spacial score (nSPS) is 15.2. The van der Waals surface area contributed by atoms with Crippen LogP contribution in [0.3, 0.4) is 0 Å². The van der Waals surface area contributed by atoms with Crippen molar-refractivity contribution in [3.8, 4) is 17.6 Å². The Hall–Kier alpha value is -2.80. The van der Waals surface area contributed by atoms with Gasteiger partial charge in [0.2, 0.25) is 11.1 Å². The first-order valence-corrected chi connectivity index (χ1v) is 9.72. The van der Waals surface area contributed by atoms with Gasteiger partial charge in [0.1, 0.15) is 13.2 Å². The predicted octanol–water partition coefficient (Wildman–Crippen LogP) is 1.82. The molecule has 0 atom stereocenters. The highest BCUT2D eigenvalue weighted by molar-refractivity contribution is 7.99. The molecule has 9 nitrogen and oxygen atoms in total. The topological polar surface area (TPSA) is 106 Å². The minimum Gasteiger partial charge on any atom is -0.486 e. The molecule has 0 N–H and O–H groups in total. The predicted molar refractivity (Wildman–Crippen MR) is 96.8 cm³/mol. The van der Waals surface area contributed by atoms with Gasteiger partial charge in [-0.1, -0.05) is 11.8 Å². The van der Waals surface area contributed by atoms with E-state index in [4.69, 9.17) is 14.7 Å². The van der Waals surface area contributed by atoms with E-state index in [-0.39, 0.29) is 18.1 Å². The van der Waals surface area contributed by atoms with Crippen LogP contribution in [-0.4, -0.2) is 51.6 Å². The Morgan fingerprint density at radius 2 is 2.15 bits per heavy atom.